The van der Waals surface area contributed by atoms with E-state index in [-0.39, 0.29) is 0 Å². The van der Waals surface area contributed by atoms with E-state index in [0.717, 1.165) is 45.8 Å². The summed E-state index contributed by atoms with van der Waals surface area (Å²) in [6, 6.07) is 0. The summed E-state index contributed by atoms with van der Waals surface area (Å²) in [6.45, 7) is 10.4. The molecule has 0 spiro atoms. The third-order valence-corrected chi connectivity index (χ3v) is 3.27. The van der Waals surface area contributed by atoms with E-state index in [1.807, 2.05) is 0 Å². The maximum absolute atomic E-state index is 5.72. The van der Waals surface area contributed by atoms with E-state index in [1.54, 1.807) is 0 Å². The van der Waals surface area contributed by atoms with Crippen LogP contribution in [0.1, 0.15) is 20.3 Å². The molecule has 0 saturated carbocycles. The third kappa shape index (κ3) is 3.70. The number of ether oxygens (including phenoxy) is 2. The number of morpholine rings is 2. The van der Waals surface area contributed by atoms with Gasteiger partial charge in [-0.1, -0.05) is 0 Å². The summed E-state index contributed by atoms with van der Waals surface area (Å²) in [6.07, 6.45) is 2.28. The van der Waals surface area contributed by atoms with Gasteiger partial charge in [-0.2, -0.15) is 0 Å². The summed E-state index contributed by atoms with van der Waals surface area (Å²) < 4.78 is 11.4. The lowest BCUT2D eigenvalue weighted by atomic mass is 10.2. The van der Waals surface area contributed by atoms with Crippen molar-refractivity contribution >= 4 is 0 Å². The summed E-state index contributed by atoms with van der Waals surface area (Å²) in [5, 5.41) is 3.37. The Balaban J connectivity index is 1.68. The third-order valence-electron chi connectivity index (χ3n) is 3.27. The highest BCUT2D eigenvalue weighted by Crippen LogP contribution is 2.12. The lowest BCUT2D eigenvalue weighted by Gasteiger charge is -2.36. The summed E-state index contributed by atoms with van der Waals surface area (Å²) in [4.78, 5) is 2.50. The average molecular weight is 228 g/mol. The molecule has 2 saturated heterocycles. The number of hydrogen-bond acceptors (Lipinski definition) is 4. The lowest BCUT2D eigenvalue weighted by molar-refractivity contribution is -0.0727. The normalized spacial score (nSPS) is 37.5. The molecule has 3 atom stereocenters. The first-order valence-electron chi connectivity index (χ1n) is 6.44. The Morgan fingerprint density at radius 2 is 2.00 bits per heavy atom. The van der Waals surface area contributed by atoms with Crippen molar-refractivity contribution in [3.63, 3.8) is 0 Å². The van der Waals surface area contributed by atoms with Gasteiger partial charge in [0, 0.05) is 32.7 Å². The van der Waals surface area contributed by atoms with Gasteiger partial charge in [0.25, 0.3) is 0 Å². The van der Waals surface area contributed by atoms with Crippen molar-refractivity contribution in [2.45, 2.75) is 38.6 Å². The predicted octanol–water partition coefficient (Wildman–Crippen LogP) is 0.474. The van der Waals surface area contributed by atoms with E-state index < -0.39 is 0 Å². The van der Waals surface area contributed by atoms with Crippen LogP contribution in [-0.2, 0) is 9.47 Å². The van der Waals surface area contributed by atoms with E-state index in [4.69, 9.17) is 9.47 Å². The largest absolute Gasteiger partial charge is 0.376 e. The quantitative estimate of drug-likeness (QED) is 0.761. The van der Waals surface area contributed by atoms with Crippen molar-refractivity contribution < 1.29 is 9.47 Å². The Morgan fingerprint density at radius 1 is 1.25 bits per heavy atom. The Morgan fingerprint density at radius 3 is 2.62 bits per heavy atom. The molecule has 0 aromatic heterocycles. The maximum atomic E-state index is 5.72. The first-order valence-corrected chi connectivity index (χ1v) is 6.44. The topological polar surface area (TPSA) is 33.7 Å². The molecule has 0 aromatic rings. The summed E-state index contributed by atoms with van der Waals surface area (Å²) in [7, 11) is 0. The second-order valence-corrected chi connectivity index (χ2v) is 5.00. The fourth-order valence-electron chi connectivity index (χ4n) is 2.60. The molecule has 4 nitrogen and oxygen atoms in total. The van der Waals surface area contributed by atoms with Crippen molar-refractivity contribution in [2.24, 2.45) is 0 Å². The van der Waals surface area contributed by atoms with Crippen LogP contribution in [-0.4, -0.2) is 62.5 Å². The minimum absolute atomic E-state index is 0.370. The van der Waals surface area contributed by atoms with E-state index >= 15 is 0 Å². The number of nitrogens with one attached hydrogen (secondary N) is 1. The van der Waals surface area contributed by atoms with Gasteiger partial charge in [0.2, 0.25) is 0 Å². The fraction of sp³-hybridized carbons (Fsp3) is 1.00. The zero-order valence-corrected chi connectivity index (χ0v) is 10.4. The molecule has 94 valence electrons. The van der Waals surface area contributed by atoms with E-state index in [0.29, 0.717) is 18.3 Å². The lowest BCUT2D eigenvalue weighted by Crippen LogP contribution is -2.47. The van der Waals surface area contributed by atoms with Gasteiger partial charge in [-0.25, -0.2) is 0 Å². The van der Waals surface area contributed by atoms with E-state index in [9.17, 15) is 0 Å². The molecule has 0 aliphatic carbocycles. The molecule has 0 radical (unpaired) electrons. The maximum Gasteiger partial charge on any atom is 0.0712 e. The molecule has 16 heavy (non-hydrogen) atoms. The zero-order valence-electron chi connectivity index (χ0n) is 10.4. The Bertz CT molecular complexity index is 197. The van der Waals surface area contributed by atoms with Gasteiger partial charge in [-0.05, 0) is 20.3 Å². The van der Waals surface area contributed by atoms with Gasteiger partial charge in [0.1, 0.15) is 0 Å². The molecule has 2 fully saturated rings. The first kappa shape index (κ1) is 12.3. The van der Waals surface area contributed by atoms with Crippen LogP contribution in [0.2, 0.25) is 0 Å². The molecule has 0 bridgehead atoms. The van der Waals surface area contributed by atoms with Crippen molar-refractivity contribution in [3.05, 3.63) is 0 Å². The van der Waals surface area contributed by atoms with Crippen LogP contribution in [0.25, 0.3) is 0 Å². The van der Waals surface area contributed by atoms with Crippen molar-refractivity contribution in [2.75, 3.05) is 39.3 Å². The highest BCUT2D eigenvalue weighted by Gasteiger charge is 2.23. The number of hydrogen-bond donors (Lipinski definition) is 1. The molecular weight excluding hydrogens is 204 g/mol. The summed E-state index contributed by atoms with van der Waals surface area (Å²) in [5.41, 5.74) is 0. The minimum atomic E-state index is 0.370. The molecule has 2 aliphatic heterocycles. The summed E-state index contributed by atoms with van der Waals surface area (Å²) >= 11 is 0. The van der Waals surface area contributed by atoms with Gasteiger partial charge in [-0.3, -0.25) is 4.90 Å². The van der Waals surface area contributed by atoms with Gasteiger partial charge in [0.15, 0.2) is 0 Å². The van der Waals surface area contributed by atoms with Gasteiger partial charge >= 0.3 is 0 Å². The van der Waals surface area contributed by atoms with Crippen LogP contribution in [0.5, 0.6) is 0 Å². The van der Waals surface area contributed by atoms with Gasteiger partial charge < -0.3 is 14.8 Å². The summed E-state index contributed by atoms with van der Waals surface area (Å²) in [5.74, 6) is 0. The molecule has 2 heterocycles. The molecule has 1 N–H and O–H groups in total. The Hall–Kier alpha value is -0.160. The fourth-order valence-corrected chi connectivity index (χ4v) is 2.60. The van der Waals surface area contributed by atoms with Crippen LogP contribution >= 0.6 is 0 Å². The van der Waals surface area contributed by atoms with Crippen LogP contribution < -0.4 is 5.32 Å². The van der Waals surface area contributed by atoms with Gasteiger partial charge in [-0.15, -0.1) is 0 Å². The molecule has 2 aliphatic rings. The molecule has 0 amide bonds. The van der Waals surface area contributed by atoms with E-state index in [2.05, 4.69) is 24.1 Å². The molecule has 1 unspecified atom stereocenters. The molecule has 0 aromatic carbocycles. The Labute approximate surface area is 98.3 Å². The van der Waals surface area contributed by atoms with Gasteiger partial charge in [0.05, 0.1) is 24.9 Å². The van der Waals surface area contributed by atoms with Crippen molar-refractivity contribution in [1.29, 1.82) is 0 Å². The monoisotopic (exact) mass is 228 g/mol. The van der Waals surface area contributed by atoms with Crippen molar-refractivity contribution in [1.82, 2.24) is 10.2 Å². The minimum Gasteiger partial charge on any atom is -0.376 e. The number of rotatable bonds is 3. The second kappa shape index (κ2) is 5.96. The molecule has 4 heteroatoms. The predicted molar refractivity (Wildman–Crippen MR) is 63.7 cm³/mol. The first-order chi connectivity index (χ1) is 7.74. The molecule has 2 rings (SSSR count). The highest BCUT2D eigenvalue weighted by atomic mass is 16.5. The van der Waals surface area contributed by atoms with Crippen molar-refractivity contribution in [3.8, 4) is 0 Å². The molecular formula is C12H24N2O2. The average Bonchev–Trinajstić information content (AvgIpc) is 2.27. The smallest absolute Gasteiger partial charge is 0.0712 e. The SMILES string of the molecule is C[C@@H]1CN(CCC2CNCCO2)C[C@H](C)O1. The van der Waals surface area contributed by atoms with Crippen LogP contribution in [0.15, 0.2) is 0 Å². The van der Waals surface area contributed by atoms with Crippen LogP contribution in [0.4, 0.5) is 0 Å². The standard InChI is InChI=1S/C12H24N2O2/c1-10-8-14(9-11(2)16-10)5-3-12-7-13-4-6-15-12/h10-13H,3-9H2,1-2H3/t10-,11+,12?. The van der Waals surface area contributed by atoms with E-state index in [1.165, 1.54) is 0 Å². The number of nitrogens with zero attached hydrogens (tertiary/aromatic N) is 1. The van der Waals surface area contributed by atoms with Crippen LogP contribution in [0, 0.1) is 0 Å². The second-order valence-electron chi connectivity index (χ2n) is 5.00. The Kier molecular flexibility index (Phi) is 4.58. The zero-order chi connectivity index (χ0) is 11.4. The van der Waals surface area contributed by atoms with Crippen LogP contribution in [0.3, 0.4) is 0 Å². The highest BCUT2D eigenvalue weighted by molar-refractivity contribution is 4.75.